The van der Waals surface area contributed by atoms with Crippen LogP contribution in [0.4, 0.5) is 4.79 Å². The Hall–Kier alpha value is -1.31. The van der Waals surface area contributed by atoms with Gasteiger partial charge in [0, 0.05) is 12.6 Å². The molecule has 108 valence electrons. The highest BCUT2D eigenvalue weighted by Crippen LogP contribution is 2.32. The molecule has 0 bridgehead atoms. The van der Waals surface area contributed by atoms with E-state index in [9.17, 15) is 18.0 Å². The van der Waals surface area contributed by atoms with Gasteiger partial charge in [0.1, 0.15) is 5.54 Å². The van der Waals surface area contributed by atoms with Gasteiger partial charge in [-0.05, 0) is 26.2 Å². The number of aliphatic carboxylic acids is 1. The van der Waals surface area contributed by atoms with Gasteiger partial charge in [-0.15, -0.1) is 0 Å². The van der Waals surface area contributed by atoms with Crippen LogP contribution in [0.1, 0.15) is 26.2 Å². The van der Waals surface area contributed by atoms with Crippen molar-refractivity contribution in [2.45, 2.75) is 37.8 Å². The normalized spacial score (nSPS) is 28.3. The van der Waals surface area contributed by atoms with Crippen molar-refractivity contribution in [3.63, 3.8) is 0 Å². The van der Waals surface area contributed by atoms with Crippen LogP contribution in [-0.4, -0.2) is 60.1 Å². The maximum Gasteiger partial charge on any atom is 0.329 e. The quantitative estimate of drug-likeness (QED) is 0.734. The molecule has 1 aliphatic heterocycles. The molecule has 2 rings (SSSR count). The lowest BCUT2D eigenvalue weighted by atomic mass is 9.77. The van der Waals surface area contributed by atoms with Crippen LogP contribution in [0.5, 0.6) is 0 Å². The number of urea groups is 1. The third-order valence-electron chi connectivity index (χ3n) is 3.89. The summed E-state index contributed by atoms with van der Waals surface area (Å²) in [7, 11) is -3.09. The van der Waals surface area contributed by atoms with E-state index in [0.29, 0.717) is 12.8 Å². The number of hydrogen-bond donors (Lipinski definition) is 2. The molecular weight excluding hydrogens is 272 g/mol. The van der Waals surface area contributed by atoms with Crippen LogP contribution in [-0.2, 0) is 14.6 Å². The van der Waals surface area contributed by atoms with Crippen LogP contribution >= 0.6 is 0 Å². The van der Waals surface area contributed by atoms with E-state index in [-0.39, 0.29) is 18.1 Å². The number of nitrogens with zero attached hydrogens (tertiary/aromatic N) is 1. The standard InChI is InChI=1S/C11H18N2O5S/c1-8-7-19(17,18)6-5-13(8)10(16)12-11(9(14)15)3-2-4-11/h8H,2-7H2,1H3,(H,12,16)(H,14,15). The molecular formula is C11H18N2O5S. The lowest BCUT2D eigenvalue weighted by Crippen LogP contribution is -2.64. The number of nitrogens with one attached hydrogen (secondary N) is 1. The zero-order chi connectivity index (χ0) is 14.3. The Morgan fingerprint density at radius 1 is 1.37 bits per heavy atom. The van der Waals surface area contributed by atoms with Gasteiger partial charge in [0.25, 0.3) is 0 Å². The van der Waals surface area contributed by atoms with Crippen molar-refractivity contribution in [3.05, 3.63) is 0 Å². The molecule has 0 radical (unpaired) electrons. The monoisotopic (exact) mass is 290 g/mol. The zero-order valence-electron chi connectivity index (χ0n) is 10.8. The number of carbonyl (C=O) groups is 2. The van der Waals surface area contributed by atoms with Crippen molar-refractivity contribution in [1.29, 1.82) is 0 Å². The highest BCUT2D eigenvalue weighted by atomic mass is 32.2. The van der Waals surface area contributed by atoms with Gasteiger partial charge in [-0.3, -0.25) is 0 Å². The summed E-state index contributed by atoms with van der Waals surface area (Å²) in [6.07, 6.45) is 1.62. The third-order valence-corrected chi connectivity index (χ3v) is 5.69. The van der Waals surface area contributed by atoms with Crippen molar-refractivity contribution in [2.24, 2.45) is 0 Å². The summed E-state index contributed by atoms with van der Waals surface area (Å²) in [5, 5.41) is 11.7. The third kappa shape index (κ3) is 2.68. The van der Waals surface area contributed by atoms with Crippen molar-refractivity contribution in [3.8, 4) is 0 Å². The molecule has 1 saturated carbocycles. The molecule has 1 unspecified atom stereocenters. The average molecular weight is 290 g/mol. The molecule has 0 aromatic carbocycles. The minimum absolute atomic E-state index is 0.0647. The van der Waals surface area contributed by atoms with Crippen molar-refractivity contribution < 1.29 is 23.1 Å². The Morgan fingerprint density at radius 3 is 2.42 bits per heavy atom. The fourth-order valence-electron chi connectivity index (χ4n) is 2.50. The Morgan fingerprint density at radius 2 is 2.00 bits per heavy atom. The fraction of sp³-hybridized carbons (Fsp3) is 0.818. The first-order valence-electron chi connectivity index (χ1n) is 6.28. The number of carboxylic acid groups (broad SMARTS) is 1. The Kier molecular flexibility index (Phi) is 3.46. The van der Waals surface area contributed by atoms with Crippen LogP contribution in [0.3, 0.4) is 0 Å². The van der Waals surface area contributed by atoms with E-state index >= 15 is 0 Å². The Labute approximate surface area is 111 Å². The lowest BCUT2D eigenvalue weighted by Gasteiger charge is -2.41. The van der Waals surface area contributed by atoms with Crippen LogP contribution in [0, 0.1) is 0 Å². The topological polar surface area (TPSA) is 104 Å². The van der Waals surface area contributed by atoms with Gasteiger partial charge in [0.05, 0.1) is 11.5 Å². The number of carbonyl (C=O) groups excluding carboxylic acids is 1. The van der Waals surface area contributed by atoms with Crippen LogP contribution < -0.4 is 5.32 Å². The molecule has 1 heterocycles. The molecule has 7 nitrogen and oxygen atoms in total. The van der Waals surface area contributed by atoms with E-state index in [1.807, 2.05) is 0 Å². The maximum absolute atomic E-state index is 12.1. The second-order valence-corrected chi connectivity index (χ2v) is 7.56. The molecule has 0 aromatic rings. The smallest absolute Gasteiger partial charge is 0.329 e. The van der Waals surface area contributed by atoms with Crippen molar-refractivity contribution in [1.82, 2.24) is 10.2 Å². The number of sulfone groups is 1. The first-order chi connectivity index (χ1) is 8.76. The number of amides is 2. The van der Waals surface area contributed by atoms with E-state index in [1.54, 1.807) is 6.92 Å². The highest BCUT2D eigenvalue weighted by Gasteiger charge is 2.47. The largest absolute Gasteiger partial charge is 0.480 e. The molecule has 2 N–H and O–H groups in total. The molecule has 1 saturated heterocycles. The minimum Gasteiger partial charge on any atom is -0.480 e. The Balaban J connectivity index is 2.03. The molecule has 0 aromatic heterocycles. The van der Waals surface area contributed by atoms with Gasteiger partial charge >= 0.3 is 12.0 Å². The predicted octanol–water partition coefficient (Wildman–Crippen LogP) is -0.178. The first-order valence-corrected chi connectivity index (χ1v) is 8.10. The second-order valence-electron chi connectivity index (χ2n) is 5.33. The van der Waals surface area contributed by atoms with Crippen molar-refractivity contribution >= 4 is 21.8 Å². The maximum atomic E-state index is 12.1. The summed E-state index contributed by atoms with van der Waals surface area (Å²) in [5.41, 5.74) is -1.16. The van der Waals surface area contributed by atoms with E-state index in [0.717, 1.165) is 6.42 Å². The average Bonchev–Trinajstić information content (AvgIpc) is 2.21. The number of rotatable bonds is 2. The van der Waals surface area contributed by atoms with Gasteiger partial charge in [-0.25, -0.2) is 18.0 Å². The molecule has 2 aliphatic rings. The van der Waals surface area contributed by atoms with E-state index in [2.05, 4.69) is 5.32 Å². The van der Waals surface area contributed by atoms with Crippen molar-refractivity contribution in [2.75, 3.05) is 18.1 Å². The summed E-state index contributed by atoms with van der Waals surface area (Å²) < 4.78 is 22.9. The minimum atomic E-state index is -3.09. The summed E-state index contributed by atoms with van der Waals surface area (Å²) >= 11 is 0. The molecule has 0 spiro atoms. The Bertz CT molecular complexity index is 497. The van der Waals surface area contributed by atoms with E-state index in [4.69, 9.17) is 5.11 Å². The van der Waals surface area contributed by atoms with Crippen LogP contribution in [0.2, 0.25) is 0 Å². The summed E-state index contributed by atoms with van der Waals surface area (Å²) in [6, 6.07) is -0.908. The summed E-state index contributed by atoms with van der Waals surface area (Å²) in [6.45, 7) is 1.77. The predicted molar refractivity (Wildman–Crippen MR) is 67.6 cm³/mol. The highest BCUT2D eigenvalue weighted by molar-refractivity contribution is 7.91. The van der Waals surface area contributed by atoms with Crippen LogP contribution in [0.15, 0.2) is 0 Å². The summed E-state index contributed by atoms with van der Waals surface area (Å²) in [4.78, 5) is 24.7. The summed E-state index contributed by atoms with van der Waals surface area (Å²) in [5.74, 6) is -1.16. The first kappa shape index (κ1) is 14.1. The molecule has 2 fully saturated rings. The van der Waals surface area contributed by atoms with Gasteiger partial charge in [-0.2, -0.15) is 0 Å². The number of hydrogen-bond acceptors (Lipinski definition) is 4. The molecule has 8 heteroatoms. The number of carboxylic acids is 1. The fourth-order valence-corrected chi connectivity index (χ4v) is 4.06. The SMILES string of the molecule is CC1CS(=O)(=O)CCN1C(=O)NC1(C(=O)O)CCC1. The van der Waals surface area contributed by atoms with E-state index in [1.165, 1.54) is 4.90 Å². The van der Waals surface area contributed by atoms with Crippen LogP contribution in [0.25, 0.3) is 0 Å². The van der Waals surface area contributed by atoms with Gasteiger partial charge < -0.3 is 15.3 Å². The second kappa shape index (κ2) is 4.66. The molecule has 19 heavy (non-hydrogen) atoms. The van der Waals surface area contributed by atoms with Gasteiger partial charge in [-0.1, -0.05) is 0 Å². The lowest BCUT2D eigenvalue weighted by molar-refractivity contribution is -0.148. The molecule has 2 amide bonds. The van der Waals surface area contributed by atoms with Gasteiger partial charge in [0.2, 0.25) is 0 Å². The van der Waals surface area contributed by atoms with E-state index < -0.39 is 33.4 Å². The van der Waals surface area contributed by atoms with Gasteiger partial charge in [0.15, 0.2) is 9.84 Å². The zero-order valence-corrected chi connectivity index (χ0v) is 11.6. The molecule has 1 aliphatic carbocycles. The molecule has 1 atom stereocenters.